The van der Waals surface area contributed by atoms with Crippen LogP contribution in [0.1, 0.15) is 53.9 Å². The Kier molecular flexibility index (Phi) is 6.05. The Morgan fingerprint density at radius 2 is 1.95 bits per heavy atom. The Balaban J connectivity index is 2.48. The predicted octanol–water partition coefficient (Wildman–Crippen LogP) is 2.95. The summed E-state index contributed by atoms with van der Waals surface area (Å²) in [7, 11) is 0. The fourth-order valence-corrected chi connectivity index (χ4v) is 2.72. The molecule has 21 heavy (non-hydrogen) atoms. The van der Waals surface area contributed by atoms with Crippen LogP contribution in [0.25, 0.3) is 0 Å². The van der Waals surface area contributed by atoms with Crippen LogP contribution in [0, 0.1) is 17.3 Å². The Morgan fingerprint density at radius 3 is 2.48 bits per heavy atom. The summed E-state index contributed by atoms with van der Waals surface area (Å²) < 4.78 is 0. The molecule has 0 aliphatic carbocycles. The van der Waals surface area contributed by atoms with Gasteiger partial charge in [0.25, 0.3) is 0 Å². The first-order chi connectivity index (χ1) is 9.58. The lowest BCUT2D eigenvalue weighted by molar-refractivity contribution is -0.143. The van der Waals surface area contributed by atoms with E-state index in [9.17, 15) is 9.59 Å². The molecule has 0 aromatic heterocycles. The van der Waals surface area contributed by atoms with Crippen molar-refractivity contribution in [1.82, 2.24) is 10.2 Å². The molecule has 1 saturated heterocycles. The molecular formula is C16H30N2O3. The van der Waals surface area contributed by atoms with E-state index >= 15 is 0 Å². The standard InChI is InChI=1S/C16H30N2O3/c1-11-8-13(14(19)20)10-18(9-11)15(21)17-12(2)6-7-16(3,4)5/h11-13H,6-10H2,1-5H3,(H,17,21)(H,19,20). The summed E-state index contributed by atoms with van der Waals surface area (Å²) in [5.74, 6) is -1.01. The monoisotopic (exact) mass is 298 g/mol. The molecule has 2 N–H and O–H groups in total. The number of hydrogen-bond donors (Lipinski definition) is 2. The maximum atomic E-state index is 12.3. The number of likely N-dealkylation sites (tertiary alicyclic amines) is 1. The number of nitrogens with one attached hydrogen (secondary N) is 1. The zero-order valence-electron chi connectivity index (χ0n) is 14.0. The molecule has 122 valence electrons. The number of carboxylic acid groups (broad SMARTS) is 1. The number of nitrogens with zero attached hydrogens (tertiary/aromatic N) is 1. The third kappa shape index (κ3) is 6.36. The van der Waals surface area contributed by atoms with Crippen molar-refractivity contribution in [2.75, 3.05) is 13.1 Å². The summed E-state index contributed by atoms with van der Waals surface area (Å²) in [6.45, 7) is 11.5. The van der Waals surface area contributed by atoms with E-state index in [1.807, 2.05) is 13.8 Å². The molecule has 1 aliphatic rings. The summed E-state index contributed by atoms with van der Waals surface area (Å²) in [5, 5.41) is 12.1. The number of aliphatic carboxylic acids is 1. The molecule has 0 saturated carbocycles. The summed E-state index contributed by atoms with van der Waals surface area (Å²) in [6.07, 6.45) is 2.63. The molecule has 1 heterocycles. The van der Waals surface area contributed by atoms with Crippen LogP contribution in [0.3, 0.4) is 0 Å². The van der Waals surface area contributed by atoms with Crippen LogP contribution in [0.15, 0.2) is 0 Å². The second kappa shape index (κ2) is 7.14. The van der Waals surface area contributed by atoms with Crippen molar-refractivity contribution in [3.05, 3.63) is 0 Å². The van der Waals surface area contributed by atoms with E-state index in [1.54, 1.807) is 4.90 Å². The SMILES string of the molecule is CC1CC(C(=O)O)CN(C(=O)NC(C)CCC(C)(C)C)C1. The van der Waals surface area contributed by atoms with Crippen molar-refractivity contribution in [2.45, 2.75) is 59.9 Å². The Morgan fingerprint density at radius 1 is 1.33 bits per heavy atom. The first kappa shape index (κ1) is 17.8. The molecule has 2 amide bonds. The zero-order valence-corrected chi connectivity index (χ0v) is 14.0. The third-order valence-electron chi connectivity index (χ3n) is 3.99. The highest BCUT2D eigenvalue weighted by Crippen LogP contribution is 2.23. The molecule has 0 spiro atoms. The largest absolute Gasteiger partial charge is 0.481 e. The topological polar surface area (TPSA) is 69.6 Å². The maximum absolute atomic E-state index is 12.3. The van der Waals surface area contributed by atoms with Gasteiger partial charge in [0.1, 0.15) is 0 Å². The number of rotatable bonds is 4. The van der Waals surface area contributed by atoms with Gasteiger partial charge in [-0.1, -0.05) is 27.7 Å². The zero-order chi connectivity index (χ0) is 16.2. The highest BCUT2D eigenvalue weighted by Gasteiger charge is 2.32. The number of carbonyl (C=O) groups is 2. The van der Waals surface area contributed by atoms with Crippen LogP contribution < -0.4 is 5.32 Å². The summed E-state index contributed by atoms with van der Waals surface area (Å²) in [4.78, 5) is 25.1. The van der Waals surface area contributed by atoms with Gasteiger partial charge in [-0.2, -0.15) is 0 Å². The normalized spacial score (nSPS) is 24.5. The van der Waals surface area contributed by atoms with Gasteiger partial charge < -0.3 is 15.3 Å². The van der Waals surface area contributed by atoms with Crippen LogP contribution in [0.4, 0.5) is 4.79 Å². The minimum absolute atomic E-state index is 0.109. The molecule has 3 unspecified atom stereocenters. The molecule has 1 rings (SSSR count). The lowest BCUT2D eigenvalue weighted by atomic mass is 9.89. The first-order valence-corrected chi connectivity index (χ1v) is 7.86. The minimum Gasteiger partial charge on any atom is -0.481 e. The van der Waals surface area contributed by atoms with E-state index < -0.39 is 11.9 Å². The highest BCUT2D eigenvalue weighted by atomic mass is 16.4. The van der Waals surface area contributed by atoms with E-state index in [4.69, 9.17) is 5.11 Å². The van der Waals surface area contributed by atoms with Crippen molar-refractivity contribution < 1.29 is 14.7 Å². The minimum atomic E-state index is -0.805. The predicted molar refractivity (Wildman–Crippen MR) is 83.2 cm³/mol. The average Bonchev–Trinajstić information content (AvgIpc) is 2.34. The van der Waals surface area contributed by atoms with Gasteiger partial charge in [0, 0.05) is 19.1 Å². The highest BCUT2D eigenvalue weighted by molar-refractivity contribution is 5.76. The summed E-state index contributed by atoms with van der Waals surface area (Å²) in [6, 6.07) is -0.0218. The quantitative estimate of drug-likeness (QED) is 0.838. The lowest BCUT2D eigenvalue weighted by Gasteiger charge is -2.35. The molecule has 3 atom stereocenters. The Bertz CT molecular complexity index is 376. The van der Waals surface area contributed by atoms with Crippen molar-refractivity contribution in [2.24, 2.45) is 17.3 Å². The van der Waals surface area contributed by atoms with E-state index in [1.165, 1.54) is 0 Å². The van der Waals surface area contributed by atoms with Crippen LogP contribution >= 0.6 is 0 Å². The van der Waals surface area contributed by atoms with Crippen LogP contribution in [0.2, 0.25) is 0 Å². The smallest absolute Gasteiger partial charge is 0.317 e. The number of amides is 2. The maximum Gasteiger partial charge on any atom is 0.317 e. The second-order valence-corrected chi connectivity index (χ2v) is 7.73. The van der Waals surface area contributed by atoms with Crippen molar-refractivity contribution in [1.29, 1.82) is 0 Å². The summed E-state index contributed by atoms with van der Waals surface area (Å²) >= 11 is 0. The molecule has 0 radical (unpaired) electrons. The second-order valence-electron chi connectivity index (χ2n) is 7.73. The van der Waals surface area contributed by atoms with Gasteiger partial charge >= 0.3 is 12.0 Å². The van der Waals surface area contributed by atoms with Crippen LogP contribution in [-0.4, -0.2) is 41.1 Å². The fourth-order valence-electron chi connectivity index (χ4n) is 2.72. The van der Waals surface area contributed by atoms with Crippen LogP contribution in [-0.2, 0) is 4.79 Å². The van der Waals surface area contributed by atoms with Crippen LogP contribution in [0.5, 0.6) is 0 Å². The van der Waals surface area contributed by atoms with Gasteiger partial charge in [0.05, 0.1) is 5.92 Å². The fraction of sp³-hybridized carbons (Fsp3) is 0.875. The molecule has 1 aliphatic heterocycles. The lowest BCUT2D eigenvalue weighted by Crippen LogP contribution is -2.51. The van der Waals surface area contributed by atoms with Crippen molar-refractivity contribution in [3.63, 3.8) is 0 Å². The number of piperidine rings is 1. The molecule has 0 aromatic carbocycles. The summed E-state index contributed by atoms with van der Waals surface area (Å²) in [5.41, 5.74) is 0.257. The molecule has 0 aromatic rings. The number of carbonyl (C=O) groups excluding carboxylic acids is 1. The molecule has 0 bridgehead atoms. The number of carboxylic acids is 1. The van der Waals surface area contributed by atoms with Gasteiger partial charge in [0.2, 0.25) is 0 Å². The third-order valence-corrected chi connectivity index (χ3v) is 3.99. The van der Waals surface area contributed by atoms with Gasteiger partial charge in [-0.15, -0.1) is 0 Å². The van der Waals surface area contributed by atoms with E-state index in [0.717, 1.165) is 12.8 Å². The van der Waals surface area contributed by atoms with Crippen molar-refractivity contribution in [3.8, 4) is 0 Å². The van der Waals surface area contributed by atoms with Gasteiger partial charge in [0.15, 0.2) is 0 Å². The molecule has 5 nitrogen and oxygen atoms in total. The van der Waals surface area contributed by atoms with Crippen molar-refractivity contribution >= 4 is 12.0 Å². The van der Waals surface area contributed by atoms with Gasteiger partial charge in [-0.05, 0) is 37.5 Å². The number of hydrogen-bond acceptors (Lipinski definition) is 2. The molecule has 1 fully saturated rings. The molecular weight excluding hydrogens is 268 g/mol. The Labute approximate surface area is 128 Å². The average molecular weight is 298 g/mol. The van der Waals surface area contributed by atoms with Gasteiger partial charge in [-0.25, -0.2) is 4.79 Å². The first-order valence-electron chi connectivity index (χ1n) is 7.86. The van der Waals surface area contributed by atoms with E-state index in [0.29, 0.717) is 19.5 Å². The Hall–Kier alpha value is -1.26. The van der Waals surface area contributed by atoms with E-state index in [-0.39, 0.29) is 23.4 Å². The molecule has 5 heteroatoms. The number of urea groups is 1. The van der Waals surface area contributed by atoms with Gasteiger partial charge in [-0.3, -0.25) is 4.79 Å². The van der Waals surface area contributed by atoms with E-state index in [2.05, 4.69) is 26.1 Å².